The Balaban J connectivity index is 2.56. The van der Waals surface area contributed by atoms with Gasteiger partial charge in [0.15, 0.2) is 0 Å². The maximum absolute atomic E-state index is 13.2. The van der Waals surface area contributed by atoms with Gasteiger partial charge in [0.1, 0.15) is 12.4 Å². The van der Waals surface area contributed by atoms with Gasteiger partial charge in [-0.05, 0) is 31.0 Å². The molecule has 0 saturated carbocycles. The Labute approximate surface area is 116 Å². The van der Waals surface area contributed by atoms with E-state index in [4.69, 9.17) is 26.8 Å². The van der Waals surface area contributed by atoms with Gasteiger partial charge in [0.2, 0.25) is 0 Å². The number of esters is 1. The van der Waals surface area contributed by atoms with Crippen molar-refractivity contribution in [1.29, 1.82) is 0 Å². The molecule has 0 spiro atoms. The highest BCUT2D eigenvalue weighted by Gasteiger charge is 2.14. The Bertz CT molecular complexity index is 454. The van der Waals surface area contributed by atoms with Crippen LogP contribution in [-0.4, -0.2) is 25.8 Å². The fourth-order valence-electron chi connectivity index (χ4n) is 1.53. The minimum atomic E-state index is -0.527. The van der Waals surface area contributed by atoms with Crippen molar-refractivity contribution >= 4 is 17.6 Å². The van der Waals surface area contributed by atoms with E-state index in [2.05, 4.69) is 0 Å². The Hall–Kier alpha value is -1.17. The second-order valence-corrected chi connectivity index (χ2v) is 4.46. The van der Waals surface area contributed by atoms with Gasteiger partial charge in [0, 0.05) is 5.02 Å². The van der Waals surface area contributed by atoms with Crippen LogP contribution in [0.25, 0.3) is 0 Å². The van der Waals surface area contributed by atoms with Gasteiger partial charge in [0.05, 0.1) is 19.3 Å². The summed E-state index contributed by atoms with van der Waals surface area (Å²) < 4.78 is 23.1. The molecule has 1 atom stereocenters. The predicted octanol–water partition coefficient (Wildman–Crippen LogP) is 2.37. The van der Waals surface area contributed by atoms with Crippen molar-refractivity contribution in [2.24, 2.45) is 5.73 Å². The molecule has 106 valence electrons. The fourth-order valence-corrected chi connectivity index (χ4v) is 1.82. The zero-order chi connectivity index (χ0) is 14.4. The molecular weight excluding hydrogens is 273 g/mol. The first-order valence-corrected chi connectivity index (χ1v) is 6.28. The molecule has 0 fully saturated rings. The third-order valence-electron chi connectivity index (χ3n) is 2.50. The number of nitrogens with two attached hydrogens (primary N) is 1. The van der Waals surface area contributed by atoms with Crippen LogP contribution in [0.4, 0.5) is 4.39 Å². The number of carbonyl (C=O) groups is 1. The molecule has 0 aromatic heterocycles. The molecule has 1 aromatic rings. The Morgan fingerprint density at radius 1 is 1.53 bits per heavy atom. The second-order valence-electron chi connectivity index (χ2n) is 4.05. The highest BCUT2D eigenvalue weighted by atomic mass is 35.5. The molecular formula is C13H17ClFNO3. The standard InChI is InChI=1S/C13H17ClFNO3/c1-3-19-13(17)7-18-6-12(16)9-4-8(2)11(15)5-10(9)14/h4-5,12H,3,6-7,16H2,1-2H3. The van der Waals surface area contributed by atoms with Crippen LogP contribution in [0.2, 0.25) is 5.02 Å². The van der Waals surface area contributed by atoms with Crippen molar-refractivity contribution in [3.63, 3.8) is 0 Å². The fraction of sp³-hybridized carbons (Fsp3) is 0.462. The van der Waals surface area contributed by atoms with E-state index in [9.17, 15) is 9.18 Å². The number of benzene rings is 1. The summed E-state index contributed by atoms with van der Waals surface area (Å²) >= 11 is 5.92. The van der Waals surface area contributed by atoms with E-state index in [1.54, 1.807) is 19.9 Å². The van der Waals surface area contributed by atoms with Gasteiger partial charge in [-0.3, -0.25) is 0 Å². The van der Waals surface area contributed by atoms with Crippen molar-refractivity contribution < 1.29 is 18.7 Å². The van der Waals surface area contributed by atoms with Crippen molar-refractivity contribution in [1.82, 2.24) is 0 Å². The van der Waals surface area contributed by atoms with Gasteiger partial charge in [0.25, 0.3) is 0 Å². The first-order chi connectivity index (χ1) is 8.95. The minimum absolute atomic E-state index is 0.101. The molecule has 0 aliphatic carbocycles. The summed E-state index contributed by atoms with van der Waals surface area (Å²) in [5.41, 5.74) is 6.94. The van der Waals surface area contributed by atoms with E-state index >= 15 is 0 Å². The summed E-state index contributed by atoms with van der Waals surface area (Å²) in [6.45, 7) is 3.58. The summed E-state index contributed by atoms with van der Waals surface area (Å²) in [6, 6.07) is 2.27. The van der Waals surface area contributed by atoms with E-state index in [0.29, 0.717) is 17.7 Å². The number of ether oxygens (including phenoxy) is 2. The van der Waals surface area contributed by atoms with E-state index < -0.39 is 12.0 Å². The molecule has 0 amide bonds. The van der Waals surface area contributed by atoms with Crippen LogP contribution in [0.15, 0.2) is 12.1 Å². The lowest BCUT2D eigenvalue weighted by molar-refractivity contribution is -0.148. The van der Waals surface area contributed by atoms with E-state index in [1.165, 1.54) is 6.07 Å². The number of rotatable bonds is 6. The third-order valence-corrected chi connectivity index (χ3v) is 2.83. The average Bonchev–Trinajstić information content (AvgIpc) is 2.34. The lowest BCUT2D eigenvalue weighted by Crippen LogP contribution is -2.21. The average molecular weight is 290 g/mol. The molecule has 19 heavy (non-hydrogen) atoms. The quantitative estimate of drug-likeness (QED) is 0.817. The van der Waals surface area contributed by atoms with Crippen molar-refractivity contribution in [2.75, 3.05) is 19.8 Å². The number of hydrogen-bond donors (Lipinski definition) is 1. The zero-order valence-electron chi connectivity index (χ0n) is 10.9. The lowest BCUT2D eigenvalue weighted by Gasteiger charge is -2.15. The molecule has 1 rings (SSSR count). The van der Waals surface area contributed by atoms with E-state index in [0.717, 1.165) is 0 Å². The molecule has 0 bridgehead atoms. The number of aryl methyl sites for hydroxylation is 1. The molecule has 0 heterocycles. The first kappa shape index (κ1) is 15.9. The van der Waals surface area contributed by atoms with Crippen LogP contribution in [0.3, 0.4) is 0 Å². The van der Waals surface area contributed by atoms with E-state index in [1.807, 2.05) is 0 Å². The molecule has 1 unspecified atom stereocenters. The summed E-state index contributed by atoms with van der Waals surface area (Å²) in [6.07, 6.45) is 0. The van der Waals surface area contributed by atoms with Gasteiger partial charge in [-0.2, -0.15) is 0 Å². The predicted molar refractivity (Wildman–Crippen MR) is 70.5 cm³/mol. The molecule has 2 N–H and O–H groups in total. The van der Waals surface area contributed by atoms with Crippen LogP contribution >= 0.6 is 11.6 Å². The van der Waals surface area contributed by atoms with Gasteiger partial charge in [-0.15, -0.1) is 0 Å². The van der Waals surface area contributed by atoms with Crippen LogP contribution in [-0.2, 0) is 14.3 Å². The smallest absolute Gasteiger partial charge is 0.332 e. The highest BCUT2D eigenvalue weighted by Crippen LogP contribution is 2.25. The van der Waals surface area contributed by atoms with Gasteiger partial charge >= 0.3 is 5.97 Å². The van der Waals surface area contributed by atoms with Crippen LogP contribution in [0.1, 0.15) is 24.1 Å². The Morgan fingerprint density at radius 2 is 2.21 bits per heavy atom. The molecule has 0 aliphatic rings. The Kier molecular flexibility index (Phi) is 6.21. The van der Waals surface area contributed by atoms with Crippen LogP contribution in [0.5, 0.6) is 0 Å². The highest BCUT2D eigenvalue weighted by molar-refractivity contribution is 6.31. The summed E-state index contributed by atoms with van der Waals surface area (Å²) in [5.74, 6) is -0.829. The third kappa shape index (κ3) is 4.78. The Morgan fingerprint density at radius 3 is 2.84 bits per heavy atom. The summed E-state index contributed by atoms with van der Waals surface area (Å²) in [5, 5.41) is 0.246. The van der Waals surface area contributed by atoms with Crippen molar-refractivity contribution in [3.8, 4) is 0 Å². The number of hydrogen-bond acceptors (Lipinski definition) is 4. The normalized spacial score (nSPS) is 12.3. The van der Waals surface area contributed by atoms with Crippen LogP contribution in [0, 0.1) is 12.7 Å². The summed E-state index contributed by atoms with van der Waals surface area (Å²) in [7, 11) is 0. The first-order valence-electron chi connectivity index (χ1n) is 5.90. The maximum atomic E-state index is 13.2. The molecule has 0 radical (unpaired) electrons. The second kappa shape index (κ2) is 7.43. The van der Waals surface area contributed by atoms with Crippen molar-refractivity contribution in [3.05, 3.63) is 34.1 Å². The molecule has 0 aliphatic heterocycles. The molecule has 0 saturated heterocycles. The molecule has 6 heteroatoms. The van der Waals surface area contributed by atoms with Gasteiger partial charge in [-0.25, -0.2) is 9.18 Å². The minimum Gasteiger partial charge on any atom is -0.464 e. The topological polar surface area (TPSA) is 61.5 Å². The summed E-state index contributed by atoms with van der Waals surface area (Å²) in [4.78, 5) is 11.1. The maximum Gasteiger partial charge on any atom is 0.332 e. The number of halogens is 2. The van der Waals surface area contributed by atoms with Gasteiger partial charge in [-0.1, -0.05) is 17.7 Å². The lowest BCUT2D eigenvalue weighted by atomic mass is 10.1. The number of carbonyl (C=O) groups excluding carboxylic acids is 1. The van der Waals surface area contributed by atoms with Crippen LogP contribution < -0.4 is 5.73 Å². The van der Waals surface area contributed by atoms with E-state index in [-0.39, 0.29) is 24.1 Å². The SMILES string of the molecule is CCOC(=O)COCC(N)c1cc(C)c(F)cc1Cl. The largest absolute Gasteiger partial charge is 0.464 e. The molecule has 1 aromatic carbocycles. The zero-order valence-corrected chi connectivity index (χ0v) is 11.7. The monoisotopic (exact) mass is 289 g/mol. The van der Waals surface area contributed by atoms with Crippen molar-refractivity contribution in [2.45, 2.75) is 19.9 Å². The van der Waals surface area contributed by atoms with Gasteiger partial charge < -0.3 is 15.2 Å². The molecule has 4 nitrogen and oxygen atoms in total.